The lowest BCUT2D eigenvalue weighted by atomic mass is 9.78. The van der Waals surface area contributed by atoms with E-state index in [1.54, 1.807) is 31.2 Å². The Morgan fingerprint density at radius 1 is 1.33 bits per heavy atom. The number of carbonyl (C=O) groups excluding carboxylic acids is 2. The first-order valence-corrected chi connectivity index (χ1v) is 11.5. The van der Waals surface area contributed by atoms with Gasteiger partial charge in [-0.2, -0.15) is 18.4 Å². The molecule has 0 spiro atoms. The van der Waals surface area contributed by atoms with Crippen LogP contribution in [0.2, 0.25) is 0 Å². The van der Waals surface area contributed by atoms with E-state index in [1.807, 2.05) is 4.90 Å². The molecule has 4 rings (SSSR count). The summed E-state index contributed by atoms with van der Waals surface area (Å²) in [5, 5.41) is 12.3. The molecule has 2 saturated heterocycles. The Balaban J connectivity index is 1.47. The molecule has 1 aromatic carbocycles. The van der Waals surface area contributed by atoms with E-state index in [9.17, 15) is 22.8 Å². The van der Waals surface area contributed by atoms with Crippen LogP contribution in [-0.2, 0) is 4.79 Å². The van der Waals surface area contributed by atoms with Crippen LogP contribution >= 0.6 is 11.8 Å². The van der Waals surface area contributed by atoms with Gasteiger partial charge in [0.05, 0.1) is 36.0 Å². The molecule has 3 heterocycles. The molecule has 0 radical (unpaired) electrons. The quantitative estimate of drug-likeness (QED) is 0.712. The van der Waals surface area contributed by atoms with E-state index in [0.717, 1.165) is 0 Å². The number of benzene rings is 1. The van der Waals surface area contributed by atoms with Crippen LogP contribution in [0, 0.1) is 16.7 Å². The van der Waals surface area contributed by atoms with Gasteiger partial charge in [0.15, 0.2) is 0 Å². The summed E-state index contributed by atoms with van der Waals surface area (Å²) in [6.07, 6.45) is -3.56. The van der Waals surface area contributed by atoms with Gasteiger partial charge < -0.3 is 15.1 Å². The lowest BCUT2D eigenvalue weighted by Crippen LogP contribution is -2.56. The second kappa shape index (κ2) is 8.74. The largest absolute Gasteiger partial charge is 0.389 e. The van der Waals surface area contributed by atoms with Crippen molar-refractivity contribution in [3.8, 4) is 6.07 Å². The van der Waals surface area contributed by atoms with Gasteiger partial charge in [-0.25, -0.2) is 0 Å². The minimum atomic E-state index is -4.21. The monoisotopic (exact) mass is 477 g/mol. The Morgan fingerprint density at radius 3 is 2.79 bits per heavy atom. The molecule has 2 fully saturated rings. The van der Waals surface area contributed by atoms with Crippen LogP contribution in [0.4, 0.5) is 18.9 Å². The van der Waals surface area contributed by atoms with Gasteiger partial charge >= 0.3 is 6.18 Å². The highest BCUT2D eigenvalue weighted by Gasteiger charge is 2.47. The predicted molar refractivity (Wildman–Crippen MR) is 119 cm³/mol. The number of rotatable bonds is 5. The average Bonchev–Trinajstić information content (AvgIpc) is 3.22. The van der Waals surface area contributed by atoms with Crippen molar-refractivity contribution < 1.29 is 22.8 Å². The first kappa shape index (κ1) is 23.2. The van der Waals surface area contributed by atoms with Gasteiger partial charge in [-0.1, -0.05) is 6.92 Å². The number of fused-ring (bicyclic) bond motifs is 1. The Hall–Kier alpha value is -3.00. The Labute approximate surface area is 192 Å². The SMILES string of the molecule is CC1(CC(F)(F)F)CN(c2ccc3nccc(C(=O)NCC(=O)N4CSCC4C#N)c3c2)C1. The summed E-state index contributed by atoms with van der Waals surface area (Å²) in [4.78, 5) is 32.8. The summed E-state index contributed by atoms with van der Waals surface area (Å²) in [6, 6.07) is 8.38. The van der Waals surface area contributed by atoms with Crippen molar-refractivity contribution in [1.82, 2.24) is 15.2 Å². The molecular weight excluding hydrogens is 455 g/mol. The number of hydrogen-bond donors (Lipinski definition) is 1. The van der Waals surface area contributed by atoms with Crippen LogP contribution in [0.15, 0.2) is 30.5 Å². The molecule has 0 saturated carbocycles. The molecule has 1 aromatic heterocycles. The lowest BCUT2D eigenvalue weighted by Gasteiger charge is -2.49. The van der Waals surface area contributed by atoms with Crippen molar-refractivity contribution >= 4 is 40.2 Å². The van der Waals surface area contributed by atoms with Crippen molar-refractivity contribution in [2.45, 2.75) is 25.6 Å². The standard InChI is InChI=1S/C22H22F3N5O2S/c1-21(10-22(23,24)25)11-29(12-21)14-2-3-18-17(6-14)16(4-5-27-18)20(32)28-8-19(31)30-13-33-9-15(30)7-26/h2-6,15H,8-13H2,1H3,(H,28,32). The van der Waals surface area contributed by atoms with Gasteiger partial charge in [0.2, 0.25) is 5.91 Å². The number of carbonyl (C=O) groups is 2. The Kier molecular flexibility index (Phi) is 6.14. The van der Waals surface area contributed by atoms with Crippen molar-refractivity contribution in [3.05, 3.63) is 36.0 Å². The molecule has 2 aliphatic heterocycles. The molecule has 33 heavy (non-hydrogen) atoms. The van der Waals surface area contributed by atoms with Crippen LogP contribution in [-0.4, -0.2) is 65.2 Å². The molecule has 1 N–H and O–H groups in total. The molecule has 11 heteroatoms. The molecule has 1 atom stereocenters. The molecule has 2 amide bonds. The number of hydrogen-bond acceptors (Lipinski definition) is 6. The number of aromatic nitrogens is 1. The zero-order valence-corrected chi connectivity index (χ0v) is 18.7. The van der Waals surface area contributed by atoms with Crippen LogP contribution in [0.1, 0.15) is 23.7 Å². The minimum Gasteiger partial charge on any atom is -0.370 e. The summed E-state index contributed by atoms with van der Waals surface area (Å²) in [5.41, 5.74) is 0.765. The fourth-order valence-corrected chi connectivity index (χ4v) is 5.43. The number of halogens is 3. The lowest BCUT2D eigenvalue weighted by molar-refractivity contribution is -0.159. The number of pyridine rings is 1. The Morgan fingerprint density at radius 2 is 2.09 bits per heavy atom. The fraction of sp³-hybridized carbons (Fsp3) is 0.455. The third-order valence-corrected chi connectivity index (χ3v) is 6.87. The third kappa shape index (κ3) is 5.00. The van der Waals surface area contributed by atoms with Crippen LogP contribution in [0.5, 0.6) is 0 Å². The summed E-state index contributed by atoms with van der Waals surface area (Å²) in [5.74, 6) is 0.173. The van der Waals surface area contributed by atoms with Crippen molar-refractivity contribution in [3.63, 3.8) is 0 Å². The van der Waals surface area contributed by atoms with Crippen molar-refractivity contribution in [2.24, 2.45) is 5.41 Å². The molecular formula is C22H22F3N5O2S. The van der Waals surface area contributed by atoms with E-state index >= 15 is 0 Å². The number of anilines is 1. The molecule has 174 valence electrons. The van der Waals surface area contributed by atoms with Gasteiger partial charge in [0.1, 0.15) is 6.04 Å². The number of thioether (sulfide) groups is 1. The summed E-state index contributed by atoms with van der Waals surface area (Å²) in [6.45, 7) is 1.92. The maximum absolute atomic E-state index is 12.8. The maximum atomic E-state index is 12.8. The van der Waals surface area contributed by atoms with Gasteiger partial charge in [-0.3, -0.25) is 14.6 Å². The summed E-state index contributed by atoms with van der Waals surface area (Å²) < 4.78 is 38.4. The molecule has 1 unspecified atom stereocenters. The first-order valence-electron chi connectivity index (χ1n) is 10.3. The second-order valence-electron chi connectivity index (χ2n) is 8.71. The zero-order valence-electron chi connectivity index (χ0n) is 17.9. The van der Waals surface area contributed by atoms with Gasteiger partial charge in [0.25, 0.3) is 5.91 Å². The van der Waals surface area contributed by atoms with Gasteiger partial charge in [0, 0.05) is 41.5 Å². The smallest absolute Gasteiger partial charge is 0.370 e. The van der Waals surface area contributed by atoms with Crippen molar-refractivity contribution in [1.29, 1.82) is 5.26 Å². The molecule has 0 bridgehead atoms. The van der Waals surface area contributed by atoms with E-state index in [2.05, 4.69) is 16.4 Å². The van der Waals surface area contributed by atoms with Gasteiger partial charge in [-0.05, 0) is 24.3 Å². The van der Waals surface area contributed by atoms with Crippen molar-refractivity contribution in [2.75, 3.05) is 36.2 Å². The van der Waals surface area contributed by atoms with E-state index in [4.69, 9.17) is 5.26 Å². The van der Waals surface area contributed by atoms with E-state index in [0.29, 0.717) is 33.8 Å². The number of nitrogens with zero attached hydrogens (tertiary/aromatic N) is 4. The molecule has 2 aliphatic rings. The maximum Gasteiger partial charge on any atom is 0.389 e. The number of nitriles is 1. The van der Waals surface area contributed by atoms with Crippen LogP contribution in [0.25, 0.3) is 10.9 Å². The summed E-state index contributed by atoms with van der Waals surface area (Å²) >= 11 is 1.48. The van der Waals surface area contributed by atoms with Crippen LogP contribution < -0.4 is 10.2 Å². The second-order valence-corrected chi connectivity index (χ2v) is 9.71. The van der Waals surface area contributed by atoms with Crippen LogP contribution in [0.3, 0.4) is 0 Å². The normalized spacial score (nSPS) is 19.8. The van der Waals surface area contributed by atoms with E-state index in [-0.39, 0.29) is 25.5 Å². The molecule has 0 aliphatic carbocycles. The van der Waals surface area contributed by atoms with E-state index in [1.165, 1.54) is 22.9 Å². The summed E-state index contributed by atoms with van der Waals surface area (Å²) in [7, 11) is 0. The third-order valence-electron chi connectivity index (χ3n) is 5.86. The molecule has 7 nitrogen and oxygen atoms in total. The highest BCUT2D eigenvalue weighted by Crippen LogP contribution is 2.42. The van der Waals surface area contributed by atoms with E-state index < -0.39 is 30.0 Å². The number of alkyl halides is 3. The predicted octanol–water partition coefficient (Wildman–Crippen LogP) is 3.17. The van der Waals surface area contributed by atoms with Gasteiger partial charge in [-0.15, -0.1) is 11.8 Å². The molecule has 2 aromatic rings. The minimum absolute atomic E-state index is 0.233. The fourth-order valence-electron chi connectivity index (χ4n) is 4.33. The average molecular weight is 478 g/mol. The zero-order chi connectivity index (χ0) is 23.8. The first-order chi connectivity index (χ1) is 15.6. The number of amides is 2. The number of nitrogens with one attached hydrogen (secondary N) is 1. The topological polar surface area (TPSA) is 89.3 Å². The highest BCUT2D eigenvalue weighted by molar-refractivity contribution is 7.99. The highest BCUT2D eigenvalue weighted by atomic mass is 32.2. The Bertz CT molecular complexity index is 1130.